The maximum Gasteiger partial charge on any atom is 0.509 e. The summed E-state index contributed by atoms with van der Waals surface area (Å²) in [6.07, 6.45) is 6.30. The van der Waals surface area contributed by atoms with Crippen molar-refractivity contribution in [2.45, 2.75) is 52.1 Å². The third-order valence-corrected chi connectivity index (χ3v) is 5.59. The van der Waals surface area contributed by atoms with Gasteiger partial charge in [0.2, 0.25) is 0 Å². The predicted octanol–water partition coefficient (Wildman–Crippen LogP) is 3.93. The summed E-state index contributed by atoms with van der Waals surface area (Å²) in [6, 6.07) is 0. The van der Waals surface area contributed by atoms with Crippen molar-refractivity contribution in [1.29, 1.82) is 0 Å². The number of carbonyl (C=O) groups is 1. The summed E-state index contributed by atoms with van der Waals surface area (Å²) >= 11 is 0. The highest BCUT2D eigenvalue weighted by Gasteiger charge is 2.53. The number of cyclic esters (lactones) is 1. The van der Waals surface area contributed by atoms with Gasteiger partial charge in [-0.25, -0.2) is 4.79 Å². The molecule has 1 fully saturated rings. The maximum atomic E-state index is 11.9. The first-order chi connectivity index (χ1) is 9.03. The summed E-state index contributed by atoms with van der Waals surface area (Å²) in [4.78, 5) is 11.9. The number of hydrogen-bond donors (Lipinski definition) is 0. The van der Waals surface area contributed by atoms with Crippen molar-refractivity contribution in [3.8, 4) is 0 Å². The van der Waals surface area contributed by atoms with Crippen LogP contribution in [0.3, 0.4) is 0 Å². The fourth-order valence-corrected chi connectivity index (χ4v) is 4.34. The number of rotatable bonds is 1. The van der Waals surface area contributed by atoms with Crippen LogP contribution >= 0.6 is 0 Å². The Morgan fingerprint density at radius 2 is 2.16 bits per heavy atom. The molecule has 0 spiro atoms. The lowest BCUT2D eigenvalue weighted by Gasteiger charge is -2.53. The molecule has 0 aromatic heterocycles. The minimum Gasteiger partial charge on any atom is -0.430 e. The summed E-state index contributed by atoms with van der Waals surface area (Å²) in [6.45, 7) is 7.11. The second kappa shape index (κ2) is 4.53. The van der Waals surface area contributed by atoms with Crippen LogP contribution in [0.25, 0.3) is 0 Å². The molecule has 0 saturated heterocycles. The van der Waals surface area contributed by atoms with Gasteiger partial charge in [-0.15, -0.1) is 0 Å². The smallest absolute Gasteiger partial charge is 0.430 e. The van der Waals surface area contributed by atoms with Crippen LogP contribution in [0.5, 0.6) is 0 Å². The molecule has 0 aromatic rings. The number of hydrogen-bond acceptors (Lipinski definition) is 3. The SMILES string of the molecule is CC1CCC2(C(C)C)OC(=O)OCC3=CC2C1CC3. The second-order valence-corrected chi connectivity index (χ2v) is 6.82. The van der Waals surface area contributed by atoms with Crippen molar-refractivity contribution in [1.82, 2.24) is 0 Å². The normalized spacial score (nSPS) is 41.8. The first kappa shape index (κ1) is 13.0. The Kier molecular flexibility index (Phi) is 3.11. The lowest BCUT2D eigenvalue weighted by molar-refractivity contribution is -0.135. The summed E-state index contributed by atoms with van der Waals surface area (Å²) in [7, 11) is 0. The molecule has 3 aliphatic rings. The lowest BCUT2D eigenvalue weighted by Crippen LogP contribution is -2.55. The van der Waals surface area contributed by atoms with Crippen molar-refractivity contribution < 1.29 is 14.3 Å². The zero-order valence-electron chi connectivity index (χ0n) is 12.1. The minimum atomic E-state index is -0.473. The molecule has 1 aliphatic heterocycles. The van der Waals surface area contributed by atoms with Crippen LogP contribution in [-0.2, 0) is 9.47 Å². The summed E-state index contributed by atoms with van der Waals surface area (Å²) in [5.41, 5.74) is 0.942. The monoisotopic (exact) mass is 264 g/mol. The molecule has 3 rings (SSSR count). The van der Waals surface area contributed by atoms with E-state index in [-0.39, 0.29) is 5.60 Å². The van der Waals surface area contributed by atoms with Crippen LogP contribution in [0, 0.1) is 23.7 Å². The van der Waals surface area contributed by atoms with Gasteiger partial charge >= 0.3 is 6.16 Å². The molecule has 3 heteroatoms. The summed E-state index contributed by atoms with van der Waals surface area (Å²) in [5.74, 6) is 2.10. The van der Waals surface area contributed by atoms with Crippen molar-refractivity contribution in [2.75, 3.05) is 6.61 Å². The van der Waals surface area contributed by atoms with Crippen LogP contribution in [0.15, 0.2) is 11.6 Å². The minimum absolute atomic E-state index is 0.328. The van der Waals surface area contributed by atoms with E-state index in [1.165, 1.54) is 12.0 Å². The van der Waals surface area contributed by atoms with Gasteiger partial charge in [0.1, 0.15) is 12.2 Å². The molecule has 1 heterocycles. The highest BCUT2D eigenvalue weighted by molar-refractivity contribution is 5.61. The number of ether oxygens (including phenoxy) is 2. The van der Waals surface area contributed by atoms with Gasteiger partial charge in [0.05, 0.1) is 0 Å². The van der Waals surface area contributed by atoms with Crippen LogP contribution in [-0.4, -0.2) is 18.4 Å². The van der Waals surface area contributed by atoms with E-state index in [0.29, 0.717) is 24.4 Å². The Hall–Kier alpha value is -0.990. The van der Waals surface area contributed by atoms with Gasteiger partial charge in [-0.2, -0.15) is 0 Å². The molecule has 0 radical (unpaired) electrons. The third-order valence-electron chi connectivity index (χ3n) is 5.59. The van der Waals surface area contributed by atoms with Crippen LogP contribution in [0.2, 0.25) is 0 Å². The zero-order valence-corrected chi connectivity index (χ0v) is 12.1. The maximum absolute atomic E-state index is 11.9. The fraction of sp³-hybridized carbons (Fsp3) is 0.812. The molecule has 4 unspecified atom stereocenters. The molecule has 2 bridgehead atoms. The van der Waals surface area contributed by atoms with Gasteiger partial charge in [-0.05, 0) is 49.0 Å². The molecule has 1 saturated carbocycles. The van der Waals surface area contributed by atoms with Crippen LogP contribution in [0.1, 0.15) is 46.5 Å². The molecule has 4 atom stereocenters. The Morgan fingerprint density at radius 1 is 1.37 bits per heavy atom. The Balaban J connectivity index is 2.06. The molecule has 0 aromatic carbocycles. The second-order valence-electron chi connectivity index (χ2n) is 6.82. The average Bonchev–Trinajstić information content (AvgIpc) is 2.38. The van der Waals surface area contributed by atoms with E-state index >= 15 is 0 Å². The summed E-state index contributed by atoms with van der Waals surface area (Å²) < 4.78 is 11.1. The lowest BCUT2D eigenvalue weighted by atomic mass is 9.57. The standard InChI is InChI=1S/C16H24O3/c1-10(2)16-7-6-11(3)13-5-4-12(8-14(13)16)9-18-15(17)19-16/h8,10-11,13-14H,4-7,9H2,1-3H3. The van der Waals surface area contributed by atoms with Gasteiger partial charge in [0, 0.05) is 5.92 Å². The van der Waals surface area contributed by atoms with E-state index < -0.39 is 6.16 Å². The zero-order chi connectivity index (χ0) is 13.6. The van der Waals surface area contributed by atoms with E-state index in [2.05, 4.69) is 26.8 Å². The van der Waals surface area contributed by atoms with Crippen molar-refractivity contribution in [3.05, 3.63) is 11.6 Å². The molecule has 106 valence electrons. The Morgan fingerprint density at radius 3 is 2.89 bits per heavy atom. The predicted molar refractivity (Wildman–Crippen MR) is 72.7 cm³/mol. The van der Waals surface area contributed by atoms with E-state index in [0.717, 1.165) is 25.2 Å². The van der Waals surface area contributed by atoms with Crippen LogP contribution in [0.4, 0.5) is 4.79 Å². The highest BCUT2D eigenvalue weighted by Crippen LogP contribution is 2.52. The summed E-state index contributed by atoms with van der Waals surface area (Å²) in [5, 5.41) is 0. The topological polar surface area (TPSA) is 35.5 Å². The molecule has 2 aliphatic carbocycles. The van der Waals surface area contributed by atoms with Gasteiger partial charge in [-0.3, -0.25) is 0 Å². The first-order valence-electron chi connectivity index (χ1n) is 7.58. The van der Waals surface area contributed by atoms with E-state index in [9.17, 15) is 4.79 Å². The molecule has 0 N–H and O–H groups in total. The molecular weight excluding hydrogens is 240 g/mol. The largest absolute Gasteiger partial charge is 0.509 e. The molecular formula is C16H24O3. The quantitative estimate of drug-likeness (QED) is 0.531. The first-order valence-corrected chi connectivity index (χ1v) is 7.58. The molecule has 0 amide bonds. The average molecular weight is 264 g/mol. The van der Waals surface area contributed by atoms with Crippen LogP contribution < -0.4 is 0 Å². The number of carbonyl (C=O) groups excluding carboxylic acids is 1. The van der Waals surface area contributed by atoms with Gasteiger partial charge in [0.15, 0.2) is 0 Å². The Bertz CT molecular complexity index is 412. The van der Waals surface area contributed by atoms with Gasteiger partial charge < -0.3 is 9.47 Å². The Labute approximate surface area is 115 Å². The molecule has 3 nitrogen and oxygen atoms in total. The van der Waals surface area contributed by atoms with Crippen molar-refractivity contribution in [2.24, 2.45) is 23.7 Å². The fourth-order valence-electron chi connectivity index (χ4n) is 4.34. The van der Waals surface area contributed by atoms with E-state index in [4.69, 9.17) is 9.47 Å². The van der Waals surface area contributed by atoms with Gasteiger partial charge in [0.25, 0.3) is 0 Å². The van der Waals surface area contributed by atoms with Crippen molar-refractivity contribution in [3.63, 3.8) is 0 Å². The van der Waals surface area contributed by atoms with Crippen molar-refractivity contribution >= 4 is 6.16 Å². The van der Waals surface area contributed by atoms with E-state index in [1.54, 1.807) is 0 Å². The highest BCUT2D eigenvalue weighted by atomic mass is 16.7. The van der Waals surface area contributed by atoms with E-state index in [1.807, 2.05) is 0 Å². The molecule has 19 heavy (non-hydrogen) atoms. The third kappa shape index (κ3) is 1.98. The van der Waals surface area contributed by atoms with Gasteiger partial charge in [-0.1, -0.05) is 26.8 Å².